The maximum atomic E-state index is 12.6. The van der Waals surface area contributed by atoms with Gasteiger partial charge < -0.3 is 4.42 Å². The molecule has 0 atom stereocenters. The van der Waals surface area contributed by atoms with Crippen LogP contribution < -0.4 is 5.43 Å². The first-order valence-corrected chi connectivity index (χ1v) is 7.94. The number of hydrazone groups is 1. The fourth-order valence-corrected chi connectivity index (χ4v) is 3.09. The lowest BCUT2D eigenvalue weighted by atomic mass is 10.1. The van der Waals surface area contributed by atoms with Crippen LogP contribution in [0.2, 0.25) is 5.02 Å². The van der Waals surface area contributed by atoms with Crippen molar-refractivity contribution in [1.82, 2.24) is 5.01 Å². The molecule has 1 amide bonds. The summed E-state index contributed by atoms with van der Waals surface area (Å²) in [5.74, 6) is -0.744. The molecule has 4 rings (SSSR count). The van der Waals surface area contributed by atoms with Crippen molar-refractivity contribution in [2.45, 2.75) is 0 Å². The van der Waals surface area contributed by atoms with Crippen LogP contribution in [0.4, 0.5) is 0 Å². The fourth-order valence-electron chi connectivity index (χ4n) is 2.31. The van der Waals surface area contributed by atoms with Crippen molar-refractivity contribution in [2.75, 3.05) is 0 Å². The maximum Gasteiger partial charge on any atom is 0.283 e. The highest BCUT2D eigenvalue weighted by Crippen LogP contribution is 2.25. The van der Waals surface area contributed by atoms with E-state index in [4.69, 9.17) is 21.4 Å². The van der Waals surface area contributed by atoms with E-state index >= 15 is 0 Å². The second kappa shape index (κ2) is 5.43. The van der Waals surface area contributed by atoms with Crippen LogP contribution in [0.15, 0.2) is 49.3 Å². The van der Waals surface area contributed by atoms with E-state index in [2.05, 4.69) is 10.1 Å². The number of amidine groups is 2. The Balaban J connectivity index is 1.87. The van der Waals surface area contributed by atoms with Gasteiger partial charge in [0.1, 0.15) is 11.8 Å². The number of nitrogens with one attached hydrogen (secondary N) is 1. The van der Waals surface area contributed by atoms with E-state index in [1.807, 2.05) is 0 Å². The number of hydrogen-bond donors (Lipinski definition) is 1. The van der Waals surface area contributed by atoms with Crippen LogP contribution >= 0.6 is 23.4 Å². The van der Waals surface area contributed by atoms with E-state index in [0.29, 0.717) is 21.2 Å². The van der Waals surface area contributed by atoms with Crippen molar-refractivity contribution in [3.63, 3.8) is 0 Å². The quantitative estimate of drug-likeness (QED) is 0.790. The number of hydrogen-bond acceptors (Lipinski definition) is 6. The zero-order valence-electron chi connectivity index (χ0n) is 11.8. The zero-order chi connectivity index (χ0) is 16.8. The minimum absolute atomic E-state index is 0.0351. The summed E-state index contributed by atoms with van der Waals surface area (Å²) < 4.78 is 5.41. The molecule has 9 heteroatoms. The molecule has 0 radical (unpaired) electrons. The van der Waals surface area contributed by atoms with E-state index in [1.165, 1.54) is 29.0 Å². The smallest absolute Gasteiger partial charge is 0.283 e. The van der Waals surface area contributed by atoms with Gasteiger partial charge in [-0.25, -0.2) is 0 Å². The third-order valence-electron chi connectivity index (χ3n) is 3.46. The third-order valence-corrected chi connectivity index (χ3v) is 4.37. The molecule has 24 heavy (non-hydrogen) atoms. The van der Waals surface area contributed by atoms with Gasteiger partial charge in [0.15, 0.2) is 16.4 Å². The molecule has 0 spiro atoms. The number of rotatable bonds is 1. The van der Waals surface area contributed by atoms with Crippen molar-refractivity contribution in [1.29, 1.82) is 5.41 Å². The van der Waals surface area contributed by atoms with Crippen molar-refractivity contribution in [2.24, 2.45) is 10.1 Å². The molecule has 3 heterocycles. The van der Waals surface area contributed by atoms with Gasteiger partial charge in [0.05, 0.1) is 22.1 Å². The van der Waals surface area contributed by atoms with Gasteiger partial charge in [-0.15, -0.1) is 0 Å². The highest BCUT2D eigenvalue weighted by atomic mass is 35.5. The normalized spacial score (nSPS) is 18.5. The summed E-state index contributed by atoms with van der Waals surface area (Å²) >= 11 is 7.06. The molecule has 2 aliphatic rings. The Hall–Kier alpha value is -2.71. The molecule has 1 aromatic heterocycles. The summed E-state index contributed by atoms with van der Waals surface area (Å²) in [7, 11) is 0. The number of carbonyl (C=O) groups excluding carboxylic acids is 1. The molecule has 0 unspecified atom stereocenters. The zero-order valence-corrected chi connectivity index (χ0v) is 13.4. The van der Waals surface area contributed by atoms with Gasteiger partial charge in [-0.1, -0.05) is 11.6 Å². The van der Waals surface area contributed by atoms with Crippen LogP contribution in [0, 0.1) is 5.41 Å². The van der Waals surface area contributed by atoms with Crippen molar-refractivity contribution >= 4 is 62.9 Å². The Morgan fingerprint density at radius 3 is 3.00 bits per heavy atom. The molecule has 0 aliphatic carbocycles. The van der Waals surface area contributed by atoms with E-state index in [-0.39, 0.29) is 22.4 Å². The number of benzene rings is 1. The monoisotopic (exact) mass is 358 g/mol. The van der Waals surface area contributed by atoms with Crippen LogP contribution in [-0.4, -0.2) is 27.5 Å². The molecule has 0 bridgehead atoms. The molecule has 0 saturated heterocycles. The van der Waals surface area contributed by atoms with Crippen molar-refractivity contribution in [3.05, 3.63) is 50.8 Å². The van der Waals surface area contributed by atoms with Crippen molar-refractivity contribution in [3.8, 4) is 0 Å². The molecule has 0 saturated carbocycles. The van der Waals surface area contributed by atoms with Crippen LogP contribution in [0.1, 0.15) is 5.56 Å². The summed E-state index contributed by atoms with van der Waals surface area (Å²) in [6.07, 6.45) is 2.53. The van der Waals surface area contributed by atoms with Gasteiger partial charge in [-0.2, -0.15) is 15.1 Å². The molecule has 0 fully saturated rings. The Labute approximate surface area is 143 Å². The van der Waals surface area contributed by atoms with Gasteiger partial charge in [0, 0.05) is 5.02 Å². The predicted octanol–water partition coefficient (Wildman–Crippen LogP) is 2.70. The summed E-state index contributed by atoms with van der Waals surface area (Å²) in [6.45, 7) is 0. The van der Waals surface area contributed by atoms with E-state index in [1.54, 1.807) is 12.1 Å². The number of nitrogens with zero attached hydrogens (tertiary/aromatic N) is 3. The number of fused-ring (bicyclic) bond motifs is 2. The standard InChI is InChI=1S/C15H7ClN4O3S/c16-8-1-2-11-9(4-8)12(21)7(5-23-11)3-10-13(17)20-15(19-14(10)22)24-6-18-20/h1-6,17H. The molecule has 2 aromatic rings. The van der Waals surface area contributed by atoms with Gasteiger partial charge in [-0.05, 0) is 36.0 Å². The van der Waals surface area contributed by atoms with Gasteiger partial charge in [-0.3, -0.25) is 15.0 Å². The minimum Gasteiger partial charge on any atom is -0.463 e. The number of carbonyl (C=O) groups is 1. The first kappa shape index (κ1) is 14.9. The number of thioether (sulfide) groups is 1. The molecular weight excluding hydrogens is 352 g/mol. The van der Waals surface area contributed by atoms with E-state index in [0.717, 1.165) is 11.8 Å². The fraction of sp³-hybridized carbons (Fsp3) is 0. The Kier molecular flexibility index (Phi) is 3.36. The Morgan fingerprint density at radius 2 is 2.17 bits per heavy atom. The highest BCUT2D eigenvalue weighted by molar-refractivity contribution is 8.25. The average molecular weight is 359 g/mol. The maximum absolute atomic E-state index is 12.6. The summed E-state index contributed by atoms with van der Waals surface area (Å²) in [4.78, 5) is 28.6. The van der Waals surface area contributed by atoms with Crippen LogP contribution in [-0.2, 0) is 4.79 Å². The third kappa shape index (κ3) is 2.27. The lowest BCUT2D eigenvalue weighted by Crippen LogP contribution is -2.35. The van der Waals surface area contributed by atoms with Crippen molar-refractivity contribution < 1.29 is 9.21 Å². The molecule has 1 N–H and O–H groups in total. The van der Waals surface area contributed by atoms with Crippen LogP contribution in [0.5, 0.6) is 0 Å². The topological polar surface area (TPSA) is 99.1 Å². The summed E-state index contributed by atoms with van der Waals surface area (Å²) in [5, 5.41) is 14.3. The van der Waals surface area contributed by atoms with Gasteiger partial charge in [0.25, 0.3) is 5.91 Å². The SMILES string of the molecule is N=C1C(=Cc2coc3ccc(Cl)cc3c2=O)C(=O)N=C2SC=NN12. The van der Waals surface area contributed by atoms with Gasteiger partial charge >= 0.3 is 0 Å². The predicted molar refractivity (Wildman–Crippen MR) is 93.6 cm³/mol. The lowest BCUT2D eigenvalue weighted by molar-refractivity contribution is -0.114. The van der Waals surface area contributed by atoms with Gasteiger partial charge in [0.2, 0.25) is 0 Å². The Morgan fingerprint density at radius 1 is 1.33 bits per heavy atom. The number of amides is 1. The molecule has 118 valence electrons. The minimum atomic E-state index is -0.602. The summed E-state index contributed by atoms with van der Waals surface area (Å²) in [6, 6.07) is 4.71. The first-order chi connectivity index (χ1) is 11.5. The molecule has 1 aromatic carbocycles. The average Bonchev–Trinajstić information content (AvgIpc) is 3.02. The van der Waals surface area contributed by atoms with Crippen LogP contribution in [0.25, 0.3) is 17.0 Å². The second-order valence-corrected chi connectivity index (χ2v) is 6.17. The van der Waals surface area contributed by atoms with Crippen LogP contribution in [0.3, 0.4) is 0 Å². The van der Waals surface area contributed by atoms with E-state index < -0.39 is 5.91 Å². The summed E-state index contributed by atoms with van der Waals surface area (Å²) in [5.41, 5.74) is 1.62. The number of aliphatic imine (C=N–C) groups is 1. The largest absolute Gasteiger partial charge is 0.463 e. The Bertz CT molecular complexity index is 1070. The molecular formula is C15H7ClN4O3S. The highest BCUT2D eigenvalue weighted by Gasteiger charge is 2.32. The molecule has 2 aliphatic heterocycles. The first-order valence-electron chi connectivity index (χ1n) is 6.68. The number of halogens is 1. The van der Waals surface area contributed by atoms with E-state index in [9.17, 15) is 9.59 Å². The second-order valence-electron chi connectivity index (χ2n) is 4.92. The lowest BCUT2D eigenvalue weighted by Gasteiger charge is -2.20. The molecule has 7 nitrogen and oxygen atoms in total.